The SMILES string of the molecule is Cc1ccc(CC(=O)N2CCC[C@H](c3ncc4c(n3)CCN(C)C4)C2)cc1. The van der Waals surface area contributed by atoms with Crippen LogP contribution in [0.2, 0.25) is 0 Å². The number of fused-ring (bicyclic) bond motifs is 1. The number of benzene rings is 1. The Morgan fingerprint density at radius 3 is 2.85 bits per heavy atom. The van der Waals surface area contributed by atoms with Gasteiger partial charge in [0.25, 0.3) is 0 Å². The van der Waals surface area contributed by atoms with E-state index in [9.17, 15) is 4.79 Å². The summed E-state index contributed by atoms with van der Waals surface area (Å²) in [6.45, 7) is 5.63. The molecule has 3 heterocycles. The van der Waals surface area contributed by atoms with E-state index in [1.165, 1.54) is 16.8 Å². The summed E-state index contributed by atoms with van der Waals surface area (Å²) in [5.41, 5.74) is 4.75. The first-order valence-electron chi connectivity index (χ1n) is 9.95. The van der Waals surface area contributed by atoms with Crippen molar-refractivity contribution in [1.82, 2.24) is 19.8 Å². The van der Waals surface area contributed by atoms with Gasteiger partial charge in [0.2, 0.25) is 5.91 Å². The Morgan fingerprint density at radius 1 is 1.22 bits per heavy atom. The van der Waals surface area contributed by atoms with Crippen molar-refractivity contribution in [1.29, 1.82) is 0 Å². The van der Waals surface area contributed by atoms with Crippen LogP contribution >= 0.6 is 0 Å². The van der Waals surface area contributed by atoms with E-state index in [-0.39, 0.29) is 11.8 Å². The molecule has 4 rings (SSSR count). The second-order valence-electron chi connectivity index (χ2n) is 8.03. The minimum atomic E-state index is 0.211. The maximum Gasteiger partial charge on any atom is 0.227 e. The van der Waals surface area contributed by atoms with Crippen molar-refractivity contribution in [2.24, 2.45) is 0 Å². The zero-order chi connectivity index (χ0) is 18.8. The van der Waals surface area contributed by atoms with Crippen LogP contribution in [-0.4, -0.2) is 52.4 Å². The lowest BCUT2D eigenvalue weighted by Gasteiger charge is -2.33. The van der Waals surface area contributed by atoms with Gasteiger partial charge in [-0.2, -0.15) is 0 Å². The molecule has 1 aromatic carbocycles. The summed E-state index contributed by atoms with van der Waals surface area (Å²) < 4.78 is 0. The fourth-order valence-electron chi connectivity index (χ4n) is 4.08. The number of likely N-dealkylation sites (N-methyl/N-ethyl adjacent to an activating group) is 1. The Kier molecular flexibility index (Phi) is 5.21. The van der Waals surface area contributed by atoms with Crippen molar-refractivity contribution >= 4 is 5.91 Å². The van der Waals surface area contributed by atoms with Gasteiger partial charge in [-0.3, -0.25) is 4.79 Å². The summed E-state index contributed by atoms with van der Waals surface area (Å²) in [6.07, 6.45) is 5.55. The van der Waals surface area contributed by atoms with Gasteiger partial charge in [-0.05, 0) is 32.4 Å². The predicted octanol–water partition coefficient (Wildman–Crippen LogP) is 2.72. The van der Waals surface area contributed by atoms with Gasteiger partial charge in [-0.1, -0.05) is 29.8 Å². The van der Waals surface area contributed by atoms with Gasteiger partial charge >= 0.3 is 0 Å². The molecule has 1 atom stereocenters. The van der Waals surface area contributed by atoms with Crippen LogP contribution in [0.5, 0.6) is 0 Å². The van der Waals surface area contributed by atoms with Gasteiger partial charge in [-0.15, -0.1) is 0 Å². The molecule has 1 fully saturated rings. The first kappa shape index (κ1) is 18.1. The standard InChI is InChI=1S/C22H28N4O/c1-16-5-7-17(8-6-16)12-21(27)26-10-3-4-18(15-26)22-23-13-19-14-25(2)11-9-20(19)24-22/h5-8,13,18H,3-4,9-12,14-15H2,1-2H3/t18-/m0/s1. The number of hydrogen-bond acceptors (Lipinski definition) is 4. The molecule has 142 valence electrons. The van der Waals surface area contributed by atoms with Crippen molar-refractivity contribution in [2.45, 2.75) is 45.1 Å². The number of carbonyl (C=O) groups excluding carboxylic acids is 1. The van der Waals surface area contributed by atoms with Crippen molar-refractivity contribution < 1.29 is 4.79 Å². The monoisotopic (exact) mass is 364 g/mol. The minimum Gasteiger partial charge on any atom is -0.342 e. The molecule has 2 aliphatic rings. The molecule has 5 heteroatoms. The van der Waals surface area contributed by atoms with E-state index in [0.717, 1.165) is 56.8 Å². The first-order chi connectivity index (χ1) is 13.1. The molecule has 0 N–H and O–H groups in total. The van der Waals surface area contributed by atoms with E-state index in [1.54, 1.807) is 0 Å². The molecule has 2 aliphatic heterocycles. The van der Waals surface area contributed by atoms with Crippen LogP contribution in [0.3, 0.4) is 0 Å². The second-order valence-corrected chi connectivity index (χ2v) is 8.03. The molecule has 0 unspecified atom stereocenters. The fraction of sp³-hybridized carbons (Fsp3) is 0.500. The van der Waals surface area contributed by atoms with E-state index >= 15 is 0 Å². The van der Waals surface area contributed by atoms with Crippen LogP contribution < -0.4 is 0 Å². The highest BCUT2D eigenvalue weighted by atomic mass is 16.2. The summed E-state index contributed by atoms with van der Waals surface area (Å²) in [4.78, 5) is 26.6. The van der Waals surface area contributed by atoms with Crippen molar-refractivity contribution in [3.8, 4) is 0 Å². The van der Waals surface area contributed by atoms with Crippen molar-refractivity contribution in [2.75, 3.05) is 26.7 Å². The lowest BCUT2D eigenvalue weighted by molar-refractivity contribution is -0.131. The third-order valence-corrected chi connectivity index (χ3v) is 5.76. The van der Waals surface area contributed by atoms with E-state index in [4.69, 9.17) is 4.98 Å². The van der Waals surface area contributed by atoms with Crippen LogP contribution in [0.4, 0.5) is 0 Å². The first-order valence-corrected chi connectivity index (χ1v) is 9.95. The molecule has 2 aromatic rings. The predicted molar refractivity (Wildman–Crippen MR) is 106 cm³/mol. The molecule has 0 radical (unpaired) electrons. The summed E-state index contributed by atoms with van der Waals surface area (Å²) in [5.74, 6) is 1.39. The molecule has 0 bridgehead atoms. The van der Waals surface area contributed by atoms with E-state index in [0.29, 0.717) is 6.42 Å². The third-order valence-electron chi connectivity index (χ3n) is 5.76. The number of likely N-dealkylation sites (tertiary alicyclic amines) is 1. The number of piperidine rings is 1. The highest BCUT2D eigenvalue weighted by molar-refractivity contribution is 5.79. The van der Waals surface area contributed by atoms with Gasteiger partial charge in [0.1, 0.15) is 5.82 Å². The van der Waals surface area contributed by atoms with Gasteiger partial charge < -0.3 is 9.80 Å². The van der Waals surface area contributed by atoms with Gasteiger partial charge in [-0.25, -0.2) is 9.97 Å². The fourth-order valence-corrected chi connectivity index (χ4v) is 4.08. The quantitative estimate of drug-likeness (QED) is 0.840. The Morgan fingerprint density at radius 2 is 2.04 bits per heavy atom. The Labute approximate surface area is 161 Å². The smallest absolute Gasteiger partial charge is 0.227 e. The number of nitrogens with zero attached hydrogens (tertiary/aromatic N) is 4. The Balaban J connectivity index is 1.43. The lowest BCUT2D eigenvalue weighted by Crippen LogP contribution is -2.40. The minimum absolute atomic E-state index is 0.211. The molecular formula is C22H28N4O. The van der Waals surface area contributed by atoms with Crippen molar-refractivity contribution in [3.05, 3.63) is 58.7 Å². The second kappa shape index (κ2) is 7.77. The number of rotatable bonds is 3. The maximum absolute atomic E-state index is 12.8. The molecule has 0 aliphatic carbocycles. The Hall–Kier alpha value is -2.27. The molecule has 1 amide bonds. The summed E-state index contributed by atoms with van der Waals surface area (Å²) >= 11 is 0. The summed E-state index contributed by atoms with van der Waals surface area (Å²) in [5, 5.41) is 0. The van der Waals surface area contributed by atoms with Crippen LogP contribution in [0.1, 0.15) is 47.0 Å². The Bertz CT molecular complexity index is 818. The highest BCUT2D eigenvalue weighted by Crippen LogP contribution is 2.26. The number of hydrogen-bond donors (Lipinski definition) is 0. The van der Waals surface area contributed by atoms with Crippen LogP contribution in [0, 0.1) is 6.92 Å². The van der Waals surface area contributed by atoms with Crippen LogP contribution in [0.25, 0.3) is 0 Å². The zero-order valence-electron chi connectivity index (χ0n) is 16.3. The average molecular weight is 364 g/mol. The van der Waals surface area contributed by atoms with Crippen LogP contribution in [0.15, 0.2) is 30.5 Å². The molecule has 0 spiro atoms. The molecular weight excluding hydrogens is 336 g/mol. The largest absolute Gasteiger partial charge is 0.342 e. The zero-order valence-corrected chi connectivity index (χ0v) is 16.3. The molecule has 5 nitrogen and oxygen atoms in total. The number of carbonyl (C=O) groups is 1. The van der Waals surface area contributed by atoms with E-state index in [2.05, 4.69) is 48.1 Å². The number of aromatic nitrogens is 2. The molecule has 1 aromatic heterocycles. The maximum atomic E-state index is 12.8. The van der Waals surface area contributed by atoms with Gasteiger partial charge in [0, 0.05) is 56.0 Å². The normalized spacial score (nSPS) is 20.4. The highest BCUT2D eigenvalue weighted by Gasteiger charge is 2.27. The summed E-state index contributed by atoms with van der Waals surface area (Å²) in [6, 6.07) is 8.25. The van der Waals surface area contributed by atoms with Gasteiger partial charge in [0.15, 0.2) is 0 Å². The van der Waals surface area contributed by atoms with E-state index < -0.39 is 0 Å². The van der Waals surface area contributed by atoms with Crippen LogP contribution in [-0.2, 0) is 24.2 Å². The number of aryl methyl sites for hydroxylation is 1. The third kappa shape index (κ3) is 4.19. The topological polar surface area (TPSA) is 49.3 Å². The molecule has 0 saturated carbocycles. The number of amides is 1. The average Bonchev–Trinajstić information content (AvgIpc) is 2.69. The van der Waals surface area contributed by atoms with Gasteiger partial charge in [0.05, 0.1) is 6.42 Å². The van der Waals surface area contributed by atoms with Crippen molar-refractivity contribution in [3.63, 3.8) is 0 Å². The molecule has 1 saturated heterocycles. The summed E-state index contributed by atoms with van der Waals surface area (Å²) in [7, 11) is 2.13. The lowest BCUT2D eigenvalue weighted by atomic mass is 9.96. The molecule has 27 heavy (non-hydrogen) atoms. The van der Waals surface area contributed by atoms with E-state index in [1.807, 2.05) is 11.1 Å².